The molecule has 18 heavy (non-hydrogen) atoms. The molecule has 0 spiro atoms. The summed E-state index contributed by atoms with van der Waals surface area (Å²) in [5.41, 5.74) is 0.0106. The lowest BCUT2D eigenvalue weighted by atomic mass is 10.3. The first-order valence-corrected chi connectivity index (χ1v) is 5.62. The Morgan fingerprint density at radius 1 is 1.67 bits per heavy atom. The third kappa shape index (κ3) is 3.14. The van der Waals surface area contributed by atoms with Crippen LogP contribution < -0.4 is 5.32 Å². The first kappa shape index (κ1) is 12.7. The van der Waals surface area contributed by atoms with Crippen molar-refractivity contribution in [1.29, 1.82) is 0 Å². The van der Waals surface area contributed by atoms with Crippen molar-refractivity contribution < 1.29 is 14.4 Å². The molecule has 1 aromatic rings. The van der Waals surface area contributed by atoms with Gasteiger partial charge in [-0.25, -0.2) is 4.98 Å². The molecule has 1 N–H and O–H groups in total. The molecule has 2 heterocycles. The molecule has 1 fully saturated rings. The first-order chi connectivity index (χ1) is 8.46. The third-order valence-corrected chi connectivity index (χ3v) is 2.53. The molecule has 98 valence electrons. The SMILES string of the molecule is CC1(C)OCC(CNc2cc([N+](=O)[O-])ccn2)O1. The maximum Gasteiger partial charge on any atom is 0.274 e. The number of anilines is 1. The van der Waals surface area contributed by atoms with E-state index in [-0.39, 0.29) is 11.8 Å². The Labute approximate surface area is 104 Å². The molecule has 0 amide bonds. The van der Waals surface area contributed by atoms with E-state index in [1.807, 2.05) is 13.8 Å². The van der Waals surface area contributed by atoms with Crippen LogP contribution in [0.3, 0.4) is 0 Å². The van der Waals surface area contributed by atoms with E-state index in [9.17, 15) is 10.1 Å². The molecule has 1 atom stereocenters. The van der Waals surface area contributed by atoms with Crippen molar-refractivity contribution in [2.45, 2.75) is 25.7 Å². The molecule has 0 aliphatic carbocycles. The number of nitro groups is 1. The van der Waals surface area contributed by atoms with Crippen LogP contribution in [0.25, 0.3) is 0 Å². The topological polar surface area (TPSA) is 86.5 Å². The van der Waals surface area contributed by atoms with E-state index in [1.54, 1.807) is 0 Å². The monoisotopic (exact) mass is 253 g/mol. The number of aromatic nitrogens is 1. The average molecular weight is 253 g/mol. The van der Waals surface area contributed by atoms with Gasteiger partial charge in [-0.05, 0) is 13.8 Å². The van der Waals surface area contributed by atoms with Gasteiger partial charge in [-0.1, -0.05) is 0 Å². The second kappa shape index (κ2) is 4.87. The number of rotatable bonds is 4. The van der Waals surface area contributed by atoms with Crippen molar-refractivity contribution in [3.8, 4) is 0 Å². The number of nitrogens with one attached hydrogen (secondary N) is 1. The highest BCUT2D eigenvalue weighted by Crippen LogP contribution is 2.22. The van der Waals surface area contributed by atoms with E-state index in [4.69, 9.17) is 9.47 Å². The zero-order chi connectivity index (χ0) is 13.2. The summed E-state index contributed by atoms with van der Waals surface area (Å²) in [4.78, 5) is 14.2. The molecular formula is C11H15N3O4. The van der Waals surface area contributed by atoms with E-state index in [0.717, 1.165) is 0 Å². The van der Waals surface area contributed by atoms with E-state index < -0.39 is 10.7 Å². The summed E-state index contributed by atoms with van der Waals surface area (Å²) in [6, 6.07) is 2.74. The summed E-state index contributed by atoms with van der Waals surface area (Å²) in [5.74, 6) is -0.111. The third-order valence-electron chi connectivity index (χ3n) is 2.53. The zero-order valence-corrected chi connectivity index (χ0v) is 10.3. The van der Waals surface area contributed by atoms with Crippen LogP contribution in [0.5, 0.6) is 0 Å². The van der Waals surface area contributed by atoms with Gasteiger partial charge in [0.05, 0.1) is 17.6 Å². The van der Waals surface area contributed by atoms with Crippen LogP contribution in [0.2, 0.25) is 0 Å². The molecule has 1 saturated heterocycles. The van der Waals surface area contributed by atoms with Gasteiger partial charge in [-0.15, -0.1) is 0 Å². The lowest BCUT2D eigenvalue weighted by Crippen LogP contribution is -2.26. The lowest BCUT2D eigenvalue weighted by molar-refractivity contribution is -0.384. The van der Waals surface area contributed by atoms with Gasteiger partial charge in [0.25, 0.3) is 5.69 Å². The Hall–Kier alpha value is -1.73. The van der Waals surface area contributed by atoms with Crippen molar-refractivity contribution in [3.05, 3.63) is 28.4 Å². The number of nitrogens with zero attached hydrogens (tertiary/aromatic N) is 2. The molecule has 7 heteroatoms. The summed E-state index contributed by atoms with van der Waals surface area (Å²) >= 11 is 0. The number of hydrogen-bond donors (Lipinski definition) is 1. The fraction of sp³-hybridized carbons (Fsp3) is 0.545. The fourth-order valence-corrected chi connectivity index (χ4v) is 1.71. The molecule has 1 aromatic heterocycles. The smallest absolute Gasteiger partial charge is 0.274 e. The lowest BCUT2D eigenvalue weighted by Gasteiger charge is -2.17. The van der Waals surface area contributed by atoms with Crippen LogP contribution in [0.1, 0.15) is 13.8 Å². The summed E-state index contributed by atoms with van der Waals surface area (Å²) in [6.07, 6.45) is 1.32. The summed E-state index contributed by atoms with van der Waals surface area (Å²) in [6.45, 7) is 4.68. The Morgan fingerprint density at radius 3 is 3.06 bits per heavy atom. The van der Waals surface area contributed by atoms with E-state index in [0.29, 0.717) is 19.0 Å². The van der Waals surface area contributed by atoms with Crippen molar-refractivity contribution in [2.24, 2.45) is 0 Å². The van der Waals surface area contributed by atoms with Crippen LogP contribution in [-0.2, 0) is 9.47 Å². The standard InChI is InChI=1S/C11H15N3O4/c1-11(2)17-7-9(18-11)6-13-10-5-8(14(15)16)3-4-12-10/h3-5,9H,6-7H2,1-2H3,(H,12,13). The summed E-state index contributed by atoms with van der Waals surface area (Å²) < 4.78 is 11.0. The fourth-order valence-electron chi connectivity index (χ4n) is 1.71. The molecular weight excluding hydrogens is 238 g/mol. The Bertz CT molecular complexity index is 450. The molecule has 1 aliphatic heterocycles. The second-order valence-corrected chi connectivity index (χ2v) is 4.49. The zero-order valence-electron chi connectivity index (χ0n) is 10.3. The number of ether oxygens (including phenoxy) is 2. The predicted molar refractivity (Wildman–Crippen MR) is 64.3 cm³/mol. The molecule has 0 bridgehead atoms. The van der Waals surface area contributed by atoms with Gasteiger partial charge in [0.2, 0.25) is 0 Å². The first-order valence-electron chi connectivity index (χ1n) is 5.62. The van der Waals surface area contributed by atoms with Crippen molar-refractivity contribution in [1.82, 2.24) is 4.98 Å². The summed E-state index contributed by atoms with van der Waals surface area (Å²) in [5, 5.41) is 13.6. The van der Waals surface area contributed by atoms with Gasteiger partial charge in [0, 0.05) is 18.8 Å². The van der Waals surface area contributed by atoms with Gasteiger partial charge >= 0.3 is 0 Å². The molecule has 0 radical (unpaired) electrons. The van der Waals surface area contributed by atoms with Crippen molar-refractivity contribution in [2.75, 3.05) is 18.5 Å². The minimum absolute atomic E-state index is 0.0106. The molecule has 0 aromatic carbocycles. The predicted octanol–water partition coefficient (Wildman–Crippen LogP) is 1.55. The largest absolute Gasteiger partial charge is 0.367 e. The van der Waals surface area contributed by atoms with Crippen LogP contribution >= 0.6 is 0 Å². The Kier molecular flexibility index (Phi) is 3.44. The quantitative estimate of drug-likeness (QED) is 0.647. The Morgan fingerprint density at radius 2 is 2.44 bits per heavy atom. The van der Waals surface area contributed by atoms with Crippen LogP contribution in [0, 0.1) is 10.1 Å². The maximum absolute atomic E-state index is 10.6. The van der Waals surface area contributed by atoms with E-state index in [2.05, 4.69) is 10.3 Å². The second-order valence-electron chi connectivity index (χ2n) is 4.49. The van der Waals surface area contributed by atoms with Gasteiger partial charge in [-0.2, -0.15) is 0 Å². The highest BCUT2D eigenvalue weighted by Gasteiger charge is 2.32. The number of pyridine rings is 1. The van der Waals surface area contributed by atoms with Crippen molar-refractivity contribution >= 4 is 11.5 Å². The van der Waals surface area contributed by atoms with Gasteiger partial charge in [-0.3, -0.25) is 10.1 Å². The van der Waals surface area contributed by atoms with Gasteiger partial charge < -0.3 is 14.8 Å². The molecule has 0 saturated carbocycles. The minimum Gasteiger partial charge on any atom is -0.367 e. The molecule has 1 unspecified atom stereocenters. The highest BCUT2D eigenvalue weighted by molar-refractivity contribution is 5.44. The number of hydrogen-bond acceptors (Lipinski definition) is 6. The van der Waals surface area contributed by atoms with Gasteiger partial charge in [0.1, 0.15) is 11.9 Å². The minimum atomic E-state index is -0.567. The van der Waals surface area contributed by atoms with E-state index >= 15 is 0 Å². The normalized spacial score (nSPS) is 21.8. The highest BCUT2D eigenvalue weighted by atomic mass is 16.7. The molecule has 1 aliphatic rings. The average Bonchev–Trinajstić information content (AvgIpc) is 2.67. The summed E-state index contributed by atoms with van der Waals surface area (Å²) in [7, 11) is 0. The van der Waals surface area contributed by atoms with Crippen LogP contribution in [-0.4, -0.2) is 35.0 Å². The van der Waals surface area contributed by atoms with Gasteiger partial charge in [0.15, 0.2) is 5.79 Å². The maximum atomic E-state index is 10.6. The Balaban J connectivity index is 1.91. The molecule has 7 nitrogen and oxygen atoms in total. The van der Waals surface area contributed by atoms with Crippen molar-refractivity contribution in [3.63, 3.8) is 0 Å². The van der Waals surface area contributed by atoms with Crippen LogP contribution in [0.15, 0.2) is 18.3 Å². The molecule has 2 rings (SSSR count). The van der Waals surface area contributed by atoms with E-state index in [1.165, 1.54) is 18.3 Å². The van der Waals surface area contributed by atoms with Crippen LogP contribution in [0.4, 0.5) is 11.5 Å².